The van der Waals surface area contributed by atoms with Crippen LogP contribution in [0.3, 0.4) is 0 Å². The van der Waals surface area contributed by atoms with Crippen molar-refractivity contribution in [2.75, 3.05) is 13.2 Å². The standard InChI is InChI=1S/C21H20N4O8S/c26-18(23-28)12-9-15-7-10-16(11-8-15)19(27)22-13-4-14-32-20-21(25(29)33-24-20)34(30,31)17-5-2-1-3-6-17/h1-3,5-12,28H,4,13-14H2,(H,22,27)(H,23,26)/b12-9+. The molecule has 0 aliphatic rings. The molecule has 0 unspecified atom stereocenters. The van der Waals surface area contributed by atoms with Crippen LogP contribution in [0.25, 0.3) is 6.08 Å². The molecule has 0 atom stereocenters. The number of carbonyl (C=O) groups excluding carboxylic acids is 2. The lowest BCUT2D eigenvalue weighted by Gasteiger charge is -2.06. The summed E-state index contributed by atoms with van der Waals surface area (Å²) in [6, 6.07) is 13.7. The van der Waals surface area contributed by atoms with Gasteiger partial charge in [-0.15, -0.1) is 0 Å². The first kappa shape index (κ1) is 24.4. The van der Waals surface area contributed by atoms with Crippen LogP contribution in [0.15, 0.2) is 75.2 Å². The molecule has 0 bridgehead atoms. The number of hydrogen-bond donors (Lipinski definition) is 3. The highest BCUT2D eigenvalue weighted by Gasteiger charge is 2.35. The topological polar surface area (TPSA) is 175 Å². The molecule has 1 heterocycles. The number of nitrogens with one attached hydrogen (secondary N) is 2. The van der Waals surface area contributed by atoms with Crippen LogP contribution in [0.2, 0.25) is 0 Å². The van der Waals surface area contributed by atoms with Crippen LogP contribution in [-0.4, -0.2) is 43.7 Å². The Morgan fingerprint density at radius 2 is 1.85 bits per heavy atom. The second-order valence-electron chi connectivity index (χ2n) is 6.75. The number of hydrogen-bond acceptors (Lipinski definition) is 9. The average molecular weight is 488 g/mol. The lowest BCUT2D eigenvalue weighted by atomic mass is 10.1. The van der Waals surface area contributed by atoms with E-state index in [9.17, 15) is 23.2 Å². The van der Waals surface area contributed by atoms with Gasteiger partial charge in [-0.05, 0) is 47.2 Å². The Labute approximate surface area is 193 Å². The highest BCUT2D eigenvalue weighted by Crippen LogP contribution is 2.24. The molecule has 0 spiro atoms. The minimum atomic E-state index is -4.20. The number of benzene rings is 2. The van der Waals surface area contributed by atoms with Crippen molar-refractivity contribution in [3.8, 4) is 5.88 Å². The van der Waals surface area contributed by atoms with Gasteiger partial charge in [0.2, 0.25) is 0 Å². The SMILES string of the molecule is O=C(/C=C/c1ccc(C(=O)NCCCOc2no[n+]([O-])c2S(=O)(=O)c2ccccc2)cc1)NO. The van der Waals surface area contributed by atoms with Gasteiger partial charge in [-0.2, -0.15) is 0 Å². The summed E-state index contributed by atoms with van der Waals surface area (Å²) in [5, 5.41) is 25.6. The number of nitrogens with zero attached hydrogens (tertiary/aromatic N) is 2. The molecule has 0 aliphatic heterocycles. The Bertz CT molecular complexity index is 1270. The molecule has 0 saturated heterocycles. The highest BCUT2D eigenvalue weighted by molar-refractivity contribution is 7.91. The Balaban J connectivity index is 1.51. The summed E-state index contributed by atoms with van der Waals surface area (Å²) < 4.78 is 35.1. The monoisotopic (exact) mass is 488 g/mol. The number of sulfone groups is 1. The third-order valence-corrected chi connectivity index (χ3v) is 6.14. The van der Waals surface area contributed by atoms with Crippen LogP contribution >= 0.6 is 0 Å². The van der Waals surface area contributed by atoms with E-state index in [1.165, 1.54) is 35.8 Å². The summed E-state index contributed by atoms with van der Waals surface area (Å²) in [4.78, 5) is 22.9. The number of ether oxygens (including phenoxy) is 1. The lowest BCUT2D eigenvalue weighted by Crippen LogP contribution is -2.31. The Kier molecular flexibility index (Phi) is 7.95. The molecular formula is C21H20N4O8S. The van der Waals surface area contributed by atoms with E-state index in [1.54, 1.807) is 30.3 Å². The van der Waals surface area contributed by atoms with Crippen LogP contribution < -0.4 is 20.4 Å². The van der Waals surface area contributed by atoms with Gasteiger partial charge in [0, 0.05) is 18.2 Å². The summed E-state index contributed by atoms with van der Waals surface area (Å²) in [7, 11) is -4.20. The predicted molar refractivity (Wildman–Crippen MR) is 115 cm³/mol. The van der Waals surface area contributed by atoms with Gasteiger partial charge in [-0.1, -0.05) is 30.3 Å². The van der Waals surface area contributed by atoms with E-state index in [-0.39, 0.29) is 28.9 Å². The molecule has 0 fully saturated rings. The molecule has 2 amide bonds. The number of rotatable bonds is 10. The van der Waals surface area contributed by atoms with Gasteiger partial charge >= 0.3 is 10.9 Å². The molecule has 12 nitrogen and oxygen atoms in total. The molecule has 0 aliphatic carbocycles. The highest BCUT2D eigenvalue weighted by atomic mass is 32.2. The number of hydroxylamine groups is 1. The summed E-state index contributed by atoms with van der Waals surface area (Å²) in [6.45, 7) is 0.161. The molecule has 178 valence electrons. The molecule has 2 aromatic carbocycles. The largest absolute Gasteiger partial charge is 0.454 e. The maximum Gasteiger partial charge on any atom is 0.414 e. The van der Waals surface area contributed by atoms with Crippen molar-refractivity contribution in [2.24, 2.45) is 0 Å². The molecule has 3 aromatic rings. The third-order valence-electron chi connectivity index (χ3n) is 4.41. The Morgan fingerprint density at radius 3 is 2.53 bits per heavy atom. The molecule has 0 saturated carbocycles. The first-order valence-electron chi connectivity index (χ1n) is 9.86. The van der Waals surface area contributed by atoms with E-state index < -0.39 is 26.7 Å². The van der Waals surface area contributed by atoms with Gasteiger partial charge in [0.25, 0.3) is 21.7 Å². The zero-order valence-corrected chi connectivity index (χ0v) is 18.4. The van der Waals surface area contributed by atoms with Crippen molar-refractivity contribution in [1.82, 2.24) is 16.0 Å². The number of carbonyl (C=O) groups is 2. The smallest absolute Gasteiger partial charge is 0.414 e. The van der Waals surface area contributed by atoms with Crippen LogP contribution in [0.4, 0.5) is 0 Å². The van der Waals surface area contributed by atoms with E-state index in [1.807, 2.05) is 0 Å². The zero-order chi connectivity index (χ0) is 24.6. The summed E-state index contributed by atoms with van der Waals surface area (Å²) >= 11 is 0. The van der Waals surface area contributed by atoms with Crippen molar-refractivity contribution < 1.29 is 37.5 Å². The minimum absolute atomic E-state index is 0.0409. The van der Waals surface area contributed by atoms with Gasteiger partial charge in [0.15, 0.2) is 0 Å². The fourth-order valence-electron chi connectivity index (χ4n) is 2.74. The first-order valence-corrected chi connectivity index (χ1v) is 11.3. The van der Waals surface area contributed by atoms with E-state index in [4.69, 9.17) is 9.94 Å². The minimum Gasteiger partial charge on any atom is -0.454 e. The van der Waals surface area contributed by atoms with Crippen molar-refractivity contribution in [3.05, 3.63) is 77.0 Å². The van der Waals surface area contributed by atoms with Crippen molar-refractivity contribution >= 4 is 27.7 Å². The van der Waals surface area contributed by atoms with E-state index >= 15 is 0 Å². The van der Waals surface area contributed by atoms with Crippen molar-refractivity contribution in [3.63, 3.8) is 0 Å². The normalized spacial score (nSPS) is 11.3. The van der Waals surface area contributed by atoms with Gasteiger partial charge in [0.05, 0.1) is 16.7 Å². The summed E-state index contributed by atoms with van der Waals surface area (Å²) in [5.41, 5.74) is 2.50. The molecule has 3 N–H and O–H groups in total. The second kappa shape index (κ2) is 11.1. The number of aromatic nitrogens is 2. The average Bonchev–Trinajstić information content (AvgIpc) is 3.23. The van der Waals surface area contributed by atoms with Gasteiger partial charge < -0.3 is 15.3 Å². The molecular weight excluding hydrogens is 468 g/mol. The van der Waals surface area contributed by atoms with Gasteiger partial charge in [0.1, 0.15) is 0 Å². The summed E-state index contributed by atoms with van der Waals surface area (Å²) in [5.74, 6) is -1.50. The van der Waals surface area contributed by atoms with Crippen LogP contribution in [0.1, 0.15) is 22.3 Å². The van der Waals surface area contributed by atoms with Crippen LogP contribution in [0, 0.1) is 5.21 Å². The zero-order valence-electron chi connectivity index (χ0n) is 17.6. The fourth-order valence-corrected chi connectivity index (χ4v) is 4.03. The maximum atomic E-state index is 12.7. The maximum absolute atomic E-state index is 12.7. The lowest BCUT2D eigenvalue weighted by molar-refractivity contribution is -0.832. The van der Waals surface area contributed by atoms with Crippen molar-refractivity contribution in [2.45, 2.75) is 16.3 Å². The van der Waals surface area contributed by atoms with Crippen LogP contribution in [-0.2, 0) is 14.6 Å². The van der Waals surface area contributed by atoms with Gasteiger partial charge in [-0.25, -0.2) is 13.9 Å². The molecule has 34 heavy (non-hydrogen) atoms. The summed E-state index contributed by atoms with van der Waals surface area (Å²) in [6.07, 6.45) is 2.89. The first-order chi connectivity index (χ1) is 16.3. The van der Waals surface area contributed by atoms with Gasteiger partial charge in [-0.3, -0.25) is 19.4 Å². The molecule has 0 radical (unpaired) electrons. The van der Waals surface area contributed by atoms with E-state index in [2.05, 4.69) is 15.1 Å². The quantitative estimate of drug-likeness (QED) is 0.123. The molecule has 3 rings (SSSR count). The number of amides is 2. The van der Waals surface area contributed by atoms with Crippen molar-refractivity contribution in [1.29, 1.82) is 0 Å². The Morgan fingerprint density at radius 1 is 1.15 bits per heavy atom. The molecule has 1 aromatic heterocycles. The predicted octanol–water partition coefficient (Wildman–Crippen LogP) is 0.858. The van der Waals surface area contributed by atoms with Crippen LogP contribution in [0.5, 0.6) is 5.88 Å². The fraction of sp³-hybridized carbons (Fsp3) is 0.143. The Hall–Kier alpha value is -4.23. The van der Waals surface area contributed by atoms with E-state index in [0.717, 1.165) is 6.08 Å². The van der Waals surface area contributed by atoms with E-state index in [0.29, 0.717) is 17.5 Å². The second-order valence-corrected chi connectivity index (χ2v) is 8.61. The third kappa shape index (κ3) is 5.96. The molecule has 13 heteroatoms.